The van der Waals surface area contributed by atoms with Gasteiger partial charge < -0.3 is 0 Å². The Morgan fingerprint density at radius 2 is 0.900 bits per heavy atom. The highest BCUT2D eigenvalue weighted by Crippen LogP contribution is 2.43. The summed E-state index contributed by atoms with van der Waals surface area (Å²) in [5.74, 6) is 0.707. The highest BCUT2D eigenvalue weighted by Gasteiger charge is 2.19. The Labute approximate surface area is 229 Å². The summed E-state index contributed by atoms with van der Waals surface area (Å²) < 4.78 is 2.23. The van der Waals surface area contributed by atoms with Gasteiger partial charge in [0.05, 0.1) is 22.2 Å². The number of aryl methyl sites for hydroxylation is 1. The molecule has 0 saturated heterocycles. The summed E-state index contributed by atoms with van der Waals surface area (Å²) in [7, 11) is 0. The van der Waals surface area contributed by atoms with E-state index < -0.39 is 0 Å². The molecule has 40 heavy (non-hydrogen) atoms. The Bertz CT molecular complexity index is 2470. The minimum atomic E-state index is 0.707. The van der Waals surface area contributed by atoms with E-state index in [4.69, 9.17) is 9.97 Å². The van der Waals surface area contributed by atoms with Crippen LogP contribution in [0.4, 0.5) is 0 Å². The van der Waals surface area contributed by atoms with Crippen LogP contribution in [0.1, 0.15) is 5.69 Å². The van der Waals surface area contributed by atoms with E-state index in [2.05, 4.69) is 121 Å². The van der Waals surface area contributed by atoms with Crippen LogP contribution in [0.5, 0.6) is 0 Å². The molecule has 0 bridgehead atoms. The fourth-order valence-electron chi connectivity index (χ4n) is 6.81. The number of hydrogen-bond donors (Lipinski definition) is 0. The molecule has 9 aromatic rings. The van der Waals surface area contributed by atoms with Crippen molar-refractivity contribution in [2.75, 3.05) is 0 Å². The molecule has 7 aromatic carbocycles. The number of hydrogen-bond acceptors (Lipinski definition) is 2. The first-order chi connectivity index (χ1) is 19.8. The first kappa shape index (κ1) is 21.6. The van der Waals surface area contributed by atoms with E-state index in [0.717, 1.165) is 27.6 Å². The topological polar surface area (TPSA) is 30.7 Å². The second kappa shape index (κ2) is 7.87. The Balaban J connectivity index is 1.47. The van der Waals surface area contributed by atoms with E-state index in [1.54, 1.807) is 0 Å². The van der Waals surface area contributed by atoms with E-state index in [1.807, 2.05) is 12.1 Å². The van der Waals surface area contributed by atoms with Gasteiger partial charge in [0.25, 0.3) is 0 Å². The van der Waals surface area contributed by atoms with Crippen molar-refractivity contribution in [2.45, 2.75) is 6.92 Å². The molecule has 0 atom stereocenters. The van der Waals surface area contributed by atoms with Gasteiger partial charge in [-0.3, -0.25) is 4.57 Å². The Kier molecular flexibility index (Phi) is 4.26. The molecule has 0 radical (unpaired) electrons. The zero-order chi connectivity index (χ0) is 26.4. The van der Waals surface area contributed by atoms with Crippen LogP contribution >= 0.6 is 0 Å². The van der Waals surface area contributed by atoms with Gasteiger partial charge in [0, 0.05) is 16.2 Å². The predicted octanol–water partition coefficient (Wildman–Crippen LogP) is 9.65. The standard InChI is InChI=1S/C37H23N3/c1-22-23-10-6-8-16-32(23)39-37(38-22)40-33-17-9-7-15-31(33)36-30-19-18-28-26-13-3-2-11-24(26)25-12-4-5-14-27(25)35(28)29(30)20-21-34(36)40/h2-21H,1H3. The molecular weight excluding hydrogens is 486 g/mol. The third-order valence-corrected chi connectivity index (χ3v) is 8.52. The average molecular weight is 510 g/mol. The van der Waals surface area contributed by atoms with Crippen LogP contribution in [-0.2, 0) is 0 Å². The van der Waals surface area contributed by atoms with Gasteiger partial charge in [-0.05, 0) is 68.2 Å². The maximum absolute atomic E-state index is 5.04. The van der Waals surface area contributed by atoms with Crippen molar-refractivity contribution >= 4 is 75.8 Å². The predicted molar refractivity (Wildman–Crippen MR) is 169 cm³/mol. The molecule has 0 aliphatic rings. The number of benzene rings is 7. The summed E-state index contributed by atoms with van der Waals surface area (Å²) in [4.78, 5) is 10.0. The van der Waals surface area contributed by atoms with E-state index >= 15 is 0 Å². The monoisotopic (exact) mass is 509 g/mol. The SMILES string of the molecule is Cc1nc(-n2c3ccccc3c3c4ccc5c6ccccc6c6ccccc6c5c4ccc32)nc2ccccc12. The normalized spacial score (nSPS) is 12.1. The van der Waals surface area contributed by atoms with Crippen LogP contribution in [0, 0.1) is 6.92 Å². The van der Waals surface area contributed by atoms with Crippen molar-refractivity contribution in [1.29, 1.82) is 0 Å². The van der Waals surface area contributed by atoms with Gasteiger partial charge in [0.1, 0.15) is 0 Å². The Hall–Kier alpha value is -5.28. The molecule has 0 unspecified atom stereocenters. The summed E-state index contributed by atoms with van der Waals surface area (Å²) in [6.45, 7) is 2.07. The van der Waals surface area contributed by atoms with Crippen molar-refractivity contribution < 1.29 is 0 Å². The van der Waals surface area contributed by atoms with E-state index in [0.29, 0.717) is 5.95 Å². The molecule has 2 heterocycles. The minimum Gasteiger partial charge on any atom is -0.278 e. The largest absolute Gasteiger partial charge is 0.278 e. The third kappa shape index (κ3) is 2.79. The highest BCUT2D eigenvalue weighted by atomic mass is 15.2. The lowest BCUT2D eigenvalue weighted by Gasteiger charge is -2.14. The minimum absolute atomic E-state index is 0.707. The first-order valence-corrected chi connectivity index (χ1v) is 13.7. The van der Waals surface area contributed by atoms with Gasteiger partial charge in [-0.25, -0.2) is 9.97 Å². The van der Waals surface area contributed by atoms with E-state index in [1.165, 1.54) is 53.9 Å². The van der Waals surface area contributed by atoms with Gasteiger partial charge in [-0.2, -0.15) is 0 Å². The van der Waals surface area contributed by atoms with Gasteiger partial charge in [0.2, 0.25) is 5.95 Å². The van der Waals surface area contributed by atoms with Crippen molar-refractivity contribution in [2.24, 2.45) is 0 Å². The second-order valence-corrected chi connectivity index (χ2v) is 10.6. The van der Waals surface area contributed by atoms with Gasteiger partial charge in [0.15, 0.2) is 0 Å². The molecule has 9 rings (SSSR count). The van der Waals surface area contributed by atoms with Crippen molar-refractivity contribution in [3.05, 3.63) is 127 Å². The van der Waals surface area contributed by atoms with Crippen LogP contribution in [0.3, 0.4) is 0 Å². The molecule has 0 spiro atoms. The van der Waals surface area contributed by atoms with Crippen LogP contribution in [0.2, 0.25) is 0 Å². The molecule has 3 heteroatoms. The molecule has 0 saturated carbocycles. The van der Waals surface area contributed by atoms with Crippen molar-refractivity contribution in [1.82, 2.24) is 14.5 Å². The molecule has 186 valence electrons. The summed E-state index contributed by atoms with van der Waals surface area (Å²) in [5, 5.41) is 13.8. The highest BCUT2D eigenvalue weighted by molar-refractivity contribution is 6.34. The average Bonchev–Trinajstić information content (AvgIpc) is 3.35. The fourth-order valence-corrected chi connectivity index (χ4v) is 6.81. The molecule has 0 fully saturated rings. The summed E-state index contributed by atoms with van der Waals surface area (Å²) in [6, 6.07) is 43.6. The van der Waals surface area contributed by atoms with Gasteiger partial charge >= 0.3 is 0 Å². The van der Waals surface area contributed by atoms with Crippen LogP contribution in [-0.4, -0.2) is 14.5 Å². The first-order valence-electron chi connectivity index (χ1n) is 13.7. The molecule has 0 N–H and O–H groups in total. The maximum atomic E-state index is 5.04. The van der Waals surface area contributed by atoms with Gasteiger partial charge in [-0.15, -0.1) is 0 Å². The van der Waals surface area contributed by atoms with Gasteiger partial charge in [-0.1, -0.05) is 103 Å². The summed E-state index contributed by atoms with van der Waals surface area (Å²) in [5.41, 5.74) is 4.17. The molecule has 3 nitrogen and oxygen atoms in total. The Morgan fingerprint density at radius 3 is 1.65 bits per heavy atom. The number of nitrogens with zero attached hydrogens (tertiary/aromatic N) is 3. The quantitative estimate of drug-likeness (QED) is 0.206. The lowest BCUT2D eigenvalue weighted by Crippen LogP contribution is -2.03. The molecule has 0 aliphatic heterocycles. The lowest BCUT2D eigenvalue weighted by molar-refractivity contribution is 0.989. The summed E-state index contributed by atoms with van der Waals surface area (Å²) in [6.07, 6.45) is 0. The number of fused-ring (bicyclic) bond motifs is 13. The van der Waals surface area contributed by atoms with Crippen molar-refractivity contribution in [3.63, 3.8) is 0 Å². The Morgan fingerprint density at radius 1 is 0.400 bits per heavy atom. The molecule has 2 aromatic heterocycles. The number of para-hydroxylation sites is 2. The zero-order valence-corrected chi connectivity index (χ0v) is 21.9. The van der Waals surface area contributed by atoms with Crippen LogP contribution in [0.25, 0.3) is 81.7 Å². The lowest BCUT2D eigenvalue weighted by atomic mass is 9.90. The van der Waals surface area contributed by atoms with Crippen molar-refractivity contribution in [3.8, 4) is 5.95 Å². The van der Waals surface area contributed by atoms with E-state index in [-0.39, 0.29) is 0 Å². The summed E-state index contributed by atoms with van der Waals surface area (Å²) >= 11 is 0. The fraction of sp³-hybridized carbons (Fsp3) is 0.0270. The maximum Gasteiger partial charge on any atom is 0.235 e. The van der Waals surface area contributed by atoms with E-state index in [9.17, 15) is 0 Å². The third-order valence-electron chi connectivity index (χ3n) is 8.52. The second-order valence-electron chi connectivity index (χ2n) is 10.6. The van der Waals surface area contributed by atoms with Crippen LogP contribution in [0.15, 0.2) is 121 Å². The molecular formula is C37H23N3. The number of rotatable bonds is 1. The number of aromatic nitrogens is 3. The smallest absolute Gasteiger partial charge is 0.235 e. The molecule has 0 amide bonds. The zero-order valence-electron chi connectivity index (χ0n) is 21.9. The molecule has 0 aliphatic carbocycles. The van der Waals surface area contributed by atoms with Crippen LogP contribution < -0.4 is 0 Å².